The summed E-state index contributed by atoms with van der Waals surface area (Å²) in [5.74, 6) is 1.77. The number of rotatable bonds is 3. The molecule has 1 unspecified atom stereocenters. The van der Waals surface area contributed by atoms with E-state index in [9.17, 15) is 0 Å². The monoisotopic (exact) mass is 258 g/mol. The van der Waals surface area contributed by atoms with Gasteiger partial charge in [-0.15, -0.1) is 0 Å². The number of hydrogen-bond acceptors (Lipinski definition) is 2. The fraction of sp³-hybridized carbons (Fsp3) is 0.647. The summed E-state index contributed by atoms with van der Waals surface area (Å²) in [6, 6.07) is 8.77. The molecule has 0 bridgehead atoms. The molecular formula is C17H26N2. The molecule has 2 aliphatic rings. The molecule has 0 saturated carbocycles. The predicted octanol–water partition coefficient (Wildman–Crippen LogP) is 3.39. The average Bonchev–Trinajstić information content (AvgIpc) is 2.48. The number of benzene rings is 1. The number of fused-ring (bicyclic) bond motifs is 1. The van der Waals surface area contributed by atoms with E-state index >= 15 is 0 Å². The fourth-order valence-corrected chi connectivity index (χ4v) is 3.58. The van der Waals surface area contributed by atoms with Gasteiger partial charge in [-0.3, -0.25) is 0 Å². The topological polar surface area (TPSA) is 15.3 Å². The largest absolute Gasteiger partial charge is 0.384 e. The number of likely N-dealkylation sites (tertiary alicyclic amines) is 1. The highest BCUT2D eigenvalue weighted by Crippen LogP contribution is 2.26. The molecule has 0 amide bonds. The fourth-order valence-electron chi connectivity index (χ4n) is 3.58. The van der Waals surface area contributed by atoms with Gasteiger partial charge in [0.15, 0.2) is 0 Å². The second-order valence-electron chi connectivity index (χ2n) is 6.26. The van der Waals surface area contributed by atoms with E-state index in [1.807, 2.05) is 0 Å². The van der Waals surface area contributed by atoms with Crippen molar-refractivity contribution in [1.29, 1.82) is 0 Å². The molecule has 3 rings (SSSR count). The van der Waals surface area contributed by atoms with E-state index in [0.29, 0.717) is 0 Å². The van der Waals surface area contributed by atoms with Gasteiger partial charge in [-0.1, -0.05) is 31.5 Å². The summed E-state index contributed by atoms with van der Waals surface area (Å²) in [7, 11) is 0. The van der Waals surface area contributed by atoms with Gasteiger partial charge in [0.05, 0.1) is 0 Å². The van der Waals surface area contributed by atoms with Crippen LogP contribution in [-0.2, 0) is 6.42 Å². The van der Waals surface area contributed by atoms with E-state index in [1.165, 1.54) is 56.6 Å². The van der Waals surface area contributed by atoms with Crippen molar-refractivity contribution in [3.8, 4) is 0 Å². The van der Waals surface area contributed by atoms with Crippen LogP contribution in [0.25, 0.3) is 0 Å². The number of hydrogen-bond donors (Lipinski definition) is 1. The average molecular weight is 258 g/mol. The Labute approximate surface area is 117 Å². The lowest BCUT2D eigenvalue weighted by Crippen LogP contribution is -2.40. The van der Waals surface area contributed by atoms with Gasteiger partial charge >= 0.3 is 0 Å². The summed E-state index contributed by atoms with van der Waals surface area (Å²) >= 11 is 0. The van der Waals surface area contributed by atoms with Gasteiger partial charge in [0.25, 0.3) is 0 Å². The molecular weight excluding hydrogens is 232 g/mol. The van der Waals surface area contributed by atoms with Crippen LogP contribution in [0.4, 0.5) is 5.69 Å². The Morgan fingerprint density at radius 2 is 1.95 bits per heavy atom. The molecule has 1 aromatic carbocycles. The molecule has 0 radical (unpaired) electrons. The maximum atomic E-state index is 3.60. The van der Waals surface area contributed by atoms with Crippen molar-refractivity contribution in [2.24, 2.45) is 11.8 Å². The molecule has 2 aliphatic heterocycles. The van der Waals surface area contributed by atoms with Gasteiger partial charge in [0.1, 0.15) is 0 Å². The Balaban J connectivity index is 1.52. The van der Waals surface area contributed by atoms with E-state index in [2.05, 4.69) is 41.4 Å². The van der Waals surface area contributed by atoms with Crippen molar-refractivity contribution in [3.05, 3.63) is 29.8 Å². The first-order valence-electron chi connectivity index (χ1n) is 7.89. The Hall–Kier alpha value is -1.02. The first kappa shape index (κ1) is 13.0. The minimum atomic E-state index is 0.785. The van der Waals surface area contributed by atoms with E-state index in [0.717, 1.165) is 18.4 Å². The van der Waals surface area contributed by atoms with Crippen LogP contribution in [0, 0.1) is 11.8 Å². The molecule has 1 fully saturated rings. The molecule has 0 spiro atoms. The summed E-state index contributed by atoms with van der Waals surface area (Å²) < 4.78 is 0. The summed E-state index contributed by atoms with van der Waals surface area (Å²) in [6.07, 6.45) is 5.43. The summed E-state index contributed by atoms with van der Waals surface area (Å²) in [4.78, 5) is 2.69. The van der Waals surface area contributed by atoms with E-state index in [1.54, 1.807) is 0 Å². The number of para-hydroxylation sites is 1. The van der Waals surface area contributed by atoms with Gasteiger partial charge in [-0.05, 0) is 55.8 Å². The molecule has 19 heavy (non-hydrogen) atoms. The van der Waals surface area contributed by atoms with Crippen LogP contribution >= 0.6 is 0 Å². The van der Waals surface area contributed by atoms with Crippen molar-refractivity contribution < 1.29 is 0 Å². The highest BCUT2D eigenvalue weighted by atomic mass is 15.1. The van der Waals surface area contributed by atoms with Crippen molar-refractivity contribution in [2.45, 2.75) is 32.6 Å². The smallest absolute Gasteiger partial charge is 0.0372 e. The number of nitrogens with one attached hydrogen (secondary N) is 1. The van der Waals surface area contributed by atoms with Gasteiger partial charge in [0.2, 0.25) is 0 Å². The van der Waals surface area contributed by atoms with Gasteiger partial charge in [-0.25, -0.2) is 0 Å². The first-order chi connectivity index (χ1) is 9.35. The Morgan fingerprint density at radius 3 is 2.74 bits per heavy atom. The van der Waals surface area contributed by atoms with Crippen LogP contribution < -0.4 is 5.32 Å². The van der Waals surface area contributed by atoms with Crippen LogP contribution in [0.3, 0.4) is 0 Å². The zero-order chi connectivity index (χ0) is 13.1. The maximum absolute atomic E-state index is 3.60. The molecule has 1 atom stereocenters. The lowest BCUT2D eigenvalue weighted by atomic mass is 9.91. The third kappa shape index (κ3) is 3.11. The van der Waals surface area contributed by atoms with Crippen molar-refractivity contribution in [1.82, 2.24) is 4.90 Å². The van der Waals surface area contributed by atoms with Gasteiger partial charge in [0, 0.05) is 18.8 Å². The Morgan fingerprint density at radius 1 is 1.16 bits per heavy atom. The molecule has 1 aromatic rings. The van der Waals surface area contributed by atoms with E-state index in [-0.39, 0.29) is 0 Å². The molecule has 0 aliphatic carbocycles. The van der Waals surface area contributed by atoms with E-state index < -0.39 is 0 Å². The minimum absolute atomic E-state index is 0.785. The van der Waals surface area contributed by atoms with Crippen LogP contribution in [0.15, 0.2) is 24.3 Å². The summed E-state index contributed by atoms with van der Waals surface area (Å²) in [6.45, 7) is 7.39. The van der Waals surface area contributed by atoms with Crippen LogP contribution in [0.2, 0.25) is 0 Å². The Bertz CT molecular complexity index is 407. The molecule has 104 valence electrons. The standard InChI is InChI=1S/C17H26N2/c1-2-14-7-9-19(10-8-14)13-15-11-16-5-3-4-6-17(16)18-12-15/h3-6,14-15,18H,2,7-13H2,1H3. The van der Waals surface area contributed by atoms with Crippen molar-refractivity contribution in [3.63, 3.8) is 0 Å². The highest BCUT2D eigenvalue weighted by molar-refractivity contribution is 5.53. The normalized spacial score (nSPS) is 24.8. The van der Waals surface area contributed by atoms with Gasteiger partial charge < -0.3 is 10.2 Å². The van der Waals surface area contributed by atoms with Crippen LogP contribution in [0.5, 0.6) is 0 Å². The SMILES string of the molecule is CCC1CCN(CC2CNc3ccccc3C2)CC1. The quantitative estimate of drug-likeness (QED) is 0.894. The highest BCUT2D eigenvalue weighted by Gasteiger charge is 2.23. The third-order valence-corrected chi connectivity index (χ3v) is 4.91. The number of nitrogens with zero attached hydrogens (tertiary/aromatic N) is 1. The Kier molecular flexibility index (Phi) is 4.07. The predicted molar refractivity (Wildman–Crippen MR) is 81.6 cm³/mol. The molecule has 2 heterocycles. The molecule has 2 heteroatoms. The maximum Gasteiger partial charge on any atom is 0.0372 e. The van der Waals surface area contributed by atoms with E-state index in [4.69, 9.17) is 0 Å². The molecule has 0 aromatic heterocycles. The zero-order valence-electron chi connectivity index (χ0n) is 12.1. The van der Waals surface area contributed by atoms with Crippen LogP contribution in [-0.4, -0.2) is 31.1 Å². The van der Waals surface area contributed by atoms with Gasteiger partial charge in [-0.2, -0.15) is 0 Å². The first-order valence-corrected chi connectivity index (χ1v) is 7.89. The van der Waals surface area contributed by atoms with Crippen LogP contribution in [0.1, 0.15) is 31.7 Å². The molecule has 2 nitrogen and oxygen atoms in total. The number of piperidine rings is 1. The molecule has 1 N–H and O–H groups in total. The lowest BCUT2D eigenvalue weighted by Gasteiger charge is -2.35. The summed E-state index contributed by atoms with van der Waals surface area (Å²) in [5.41, 5.74) is 2.85. The second kappa shape index (κ2) is 5.96. The summed E-state index contributed by atoms with van der Waals surface area (Å²) in [5, 5.41) is 3.60. The third-order valence-electron chi connectivity index (χ3n) is 4.91. The minimum Gasteiger partial charge on any atom is -0.384 e. The second-order valence-corrected chi connectivity index (χ2v) is 6.26. The van der Waals surface area contributed by atoms with Crippen molar-refractivity contribution >= 4 is 5.69 Å². The zero-order valence-corrected chi connectivity index (χ0v) is 12.1. The molecule has 1 saturated heterocycles. The number of anilines is 1. The van der Waals surface area contributed by atoms with Crippen molar-refractivity contribution in [2.75, 3.05) is 31.5 Å². The lowest BCUT2D eigenvalue weighted by molar-refractivity contribution is 0.159.